The Morgan fingerprint density at radius 3 is 2.21 bits per heavy atom. The molecule has 0 aliphatic carbocycles. The number of nitrogens with one attached hydrogen (secondary N) is 1. The Balaban J connectivity index is 2.39. The van der Waals surface area contributed by atoms with Gasteiger partial charge in [0.1, 0.15) is 0 Å². The molecule has 0 aliphatic rings. The summed E-state index contributed by atoms with van der Waals surface area (Å²) in [6.07, 6.45) is 0.272. The van der Waals surface area contributed by atoms with E-state index in [1.807, 2.05) is 13.0 Å². The zero-order chi connectivity index (χ0) is 17.7. The zero-order valence-corrected chi connectivity index (χ0v) is 14.6. The van der Waals surface area contributed by atoms with Crippen molar-refractivity contribution in [2.24, 2.45) is 0 Å². The van der Waals surface area contributed by atoms with Crippen molar-refractivity contribution < 1.29 is 13.2 Å². The van der Waals surface area contributed by atoms with E-state index in [-0.39, 0.29) is 22.7 Å². The highest BCUT2D eigenvalue weighted by Gasteiger charge is 2.26. The topological polar surface area (TPSA) is 63.2 Å². The van der Waals surface area contributed by atoms with Crippen molar-refractivity contribution in [1.29, 1.82) is 0 Å². The number of ketones is 1. The van der Waals surface area contributed by atoms with Gasteiger partial charge in [-0.25, -0.2) is 8.42 Å². The molecule has 0 amide bonds. The van der Waals surface area contributed by atoms with Crippen molar-refractivity contribution >= 4 is 15.8 Å². The van der Waals surface area contributed by atoms with Crippen LogP contribution in [0.25, 0.3) is 0 Å². The Morgan fingerprint density at radius 2 is 1.67 bits per heavy atom. The van der Waals surface area contributed by atoms with Gasteiger partial charge in [0.15, 0.2) is 5.78 Å². The maximum Gasteiger partial charge on any atom is 0.241 e. The lowest BCUT2D eigenvalue weighted by molar-refractivity contribution is -0.115. The van der Waals surface area contributed by atoms with Crippen molar-refractivity contribution in [2.45, 2.75) is 31.2 Å². The van der Waals surface area contributed by atoms with Crippen LogP contribution in [0.4, 0.5) is 0 Å². The van der Waals surface area contributed by atoms with Gasteiger partial charge in [-0.15, -0.1) is 0 Å². The highest BCUT2D eigenvalue weighted by atomic mass is 32.2. The van der Waals surface area contributed by atoms with Crippen LogP contribution in [0, 0.1) is 6.92 Å². The van der Waals surface area contributed by atoms with Gasteiger partial charge in [-0.1, -0.05) is 61.5 Å². The SMILES string of the molecule is C=C(C(=O)CC)[C@H](NS(=O)(=O)c1ccc(C)cc1)c1ccccc1. The molecule has 24 heavy (non-hydrogen) atoms. The molecule has 2 rings (SSSR count). The molecule has 0 fully saturated rings. The number of aryl methyl sites for hydroxylation is 1. The van der Waals surface area contributed by atoms with E-state index in [9.17, 15) is 13.2 Å². The summed E-state index contributed by atoms with van der Waals surface area (Å²) >= 11 is 0. The number of benzene rings is 2. The minimum atomic E-state index is -3.77. The minimum Gasteiger partial charge on any atom is -0.295 e. The standard InChI is InChI=1S/C19H21NO3S/c1-4-18(21)15(3)19(16-8-6-5-7-9-16)20-24(22,23)17-12-10-14(2)11-13-17/h5-13,19-20H,3-4H2,1-2H3/t19-/m0/s1. The molecular formula is C19H21NO3S. The molecule has 0 saturated heterocycles. The summed E-state index contributed by atoms with van der Waals surface area (Å²) in [6.45, 7) is 7.43. The number of Topliss-reactive ketones (excluding diaryl/α,β-unsaturated/α-hetero) is 1. The van der Waals surface area contributed by atoms with E-state index in [4.69, 9.17) is 0 Å². The van der Waals surface area contributed by atoms with Crippen molar-refractivity contribution in [1.82, 2.24) is 4.72 Å². The number of carbonyl (C=O) groups excluding carboxylic acids is 1. The normalized spacial score (nSPS) is 12.6. The van der Waals surface area contributed by atoms with Gasteiger partial charge in [0.25, 0.3) is 0 Å². The van der Waals surface area contributed by atoms with Crippen molar-refractivity contribution in [2.75, 3.05) is 0 Å². The van der Waals surface area contributed by atoms with E-state index in [0.717, 1.165) is 5.56 Å². The summed E-state index contributed by atoms with van der Waals surface area (Å²) < 4.78 is 28.0. The van der Waals surface area contributed by atoms with E-state index in [1.165, 1.54) is 0 Å². The molecule has 0 aromatic heterocycles. The van der Waals surface area contributed by atoms with Crippen LogP contribution in [0.1, 0.15) is 30.5 Å². The van der Waals surface area contributed by atoms with Gasteiger partial charge in [0, 0.05) is 12.0 Å². The molecular weight excluding hydrogens is 322 g/mol. The lowest BCUT2D eigenvalue weighted by Gasteiger charge is -2.21. The first-order valence-corrected chi connectivity index (χ1v) is 9.19. The van der Waals surface area contributed by atoms with Crippen LogP contribution < -0.4 is 4.72 Å². The first kappa shape index (κ1) is 18.1. The monoisotopic (exact) mass is 343 g/mol. The predicted octanol–water partition coefficient (Wildman–Crippen LogP) is 3.55. The van der Waals surface area contributed by atoms with Gasteiger partial charge in [0.2, 0.25) is 10.0 Å². The maximum atomic E-state index is 12.7. The minimum absolute atomic E-state index is 0.158. The Labute approximate surface area is 143 Å². The maximum absolute atomic E-state index is 12.7. The van der Waals surface area contributed by atoms with Crippen molar-refractivity contribution in [3.8, 4) is 0 Å². The fourth-order valence-electron chi connectivity index (χ4n) is 2.31. The molecule has 2 aromatic carbocycles. The molecule has 5 heteroatoms. The summed E-state index contributed by atoms with van der Waals surface area (Å²) in [4.78, 5) is 12.2. The summed E-state index contributed by atoms with van der Waals surface area (Å²) in [5, 5.41) is 0. The van der Waals surface area contributed by atoms with Gasteiger partial charge in [-0.3, -0.25) is 4.79 Å². The molecule has 0 heterocycles. The number of carbonyl (C=O) groups is 1. The third-order valence-electron chi connectivity index (χ3n) is 3.76. The van der Waals surface area contributed by atoms with E-state index >= 15 is 0 Å². The third kappa shape index (κ3) is 4.19. The van der Waals surface area contributed by atoms with E-state index < -0.39 is 16.1 Å². The second-order valence-electron chi connectivity index (χ2n) is 5.58. The fourth-order valence-corrected chi connectivity index (χ4v) is 3.53. The highest BCUT2D eigenvalue weighted by Crippen LogP contribution is 2.24. The molecule has 1 atom stereocenters. The number of hydrogen-bond donors (Lipinski definition) is 1. The molecule has 0 unspecified atom stereocenters. The fraction of sp³-hybridized carbons (Fsp3) is 0.211. The van der Waals surface area contributed by atoms with E-state index in [0.29, 0.717) is 5.56 Å². The number of sulfonamides is 1. The third-order valence-corrected chi connectivity index (χ3v) is 5.20. The second-order valence-corrected chi connectivity index (χ2v) is 7.29. The number of rotatable bonds is 7. The molecule has 2 aromatic rings. The Hall–Kier alpha value is -2.24. The average Bonchev–Trinajstić information content (AvgIpc) is 2.59. The van der Waals surface area contributed by atoms with E-state index in [2.05, 4.69) is 11.3 Å². The van der Waals surface area contributed by atoms with Crippen LogP contribution >= 0.6 is 0 Å². The molecule has 4 nitrogen and oxygen atoms in total. The van der Waals surface area contributed by atoms with Gasteiger partial charge >= 0.3 is 0 Å². The highest BCUT2D eigenvalue weighted by molar-refractivity contribution is 7.89. The lowest BCUT2D eigenvalue weighted by Crippen LogP contribution is -2.31. The molecule has 0 bridgehead atoms. The first-order valence-electron chi connectivity index (χ1n) is 7.71. The largest absolute Gasteiger partial charge is 0.295 e. The second kappa shape index (κ2) is 7.55. The summed E-state index contributed by atoms with van der Waals surface area (Å²) in [5.74, 6) is -0.171. The van der Waals surface area contributed by atoms with Gasteiger partial charge in [-0.2, -0.15) is 4.72 Å². The van der Waals surface area contributed by atoms with Gasteiger partial charge in [-0.05, 0) is 24.6 Å². The predicted molar refractivity (Wildman–Crippen MR) is 95.1 cm³/mol. The van der Waals surface area contributed by atoms with Gasteiger partial charge in [0.05, 0.1) is 10.9 Å². The van der Waals surface area contributed by atoms with Crippen LogP contribution in [-0.2, 0) is 14.8 Å². The van der Waals surface area contributed by atoms with Crippen molar-refractivity contribution in [3.63, 3.8) is 0 Å². The molecule has 0 radical (unpaired) electrons. The molecule has 126 valence electrons. The zero-order valence-electron chi connectivity index (χ0n) is 13.8. The molecule has 0 saturated carbocycles. The molecule has 0 spiro atoms. The van der Waals surface area contributed by atoms with Crippen LogP contribution in [0.15, 0.2) is 71.6 Å². The first-order chi connectivity index (χ1) is 11.3. The molecule has 0 aliphatic heterocycles. The van der Waals surface area contributed by atoms with Crippen LogP contribution in [0.3, 0.4) is 0 Å². The van der Waals surface area contributed by atoms with Gasteiger partial charge < -0.3 is 0 Å². The van der Waals surface area contributed by atoms with Crippen LogP contribution in [0.2, 0.25) is 0 Å². The van der Waals surface area contributed by atoms with Crippen molar-refractivity contribution in [3.05, 3.63) is 77.9 Å². The Bertz CT molecular complexity index is 825. The summed E-state index contributed by atoms with van der Waals surface area (Å²) in [6, 6.07) is 14.7. The quantitative estimate of drug-likeness (QED) is 0.782. The summed E-state index contributed by atoms with van der Waals surface area (Å²) in [5.41, 5.74) is 1.89. The lowest BCUT2D eigenvalue weighted by atomic mass is 9.97. The Kier molecular flexibility index (Phi) is 5.70. The number of hydrogen-bond acceptors (Lipinski definition) is 3. The van der Waals surface area contributed by atoms with Crippen LogP contribution in [-0.4, -0.2) is 14.2 Å². The Morgan fingerprint density at radius 1 is 1.08 bits per heavy atom. The average molecular weight is 343 g/mol. The summed E-state index contributed by atoms with van der Waals surface area (Å²) in [7, 11) is -3.77. The molecule has 1 N–H and O–H groups in total. The van der Waals surface area contributed by atoms with Crippen LogP contribution in [0.5, 0.6) is 0 Å². The smallest absolute Gasteiger partial charge is 0.241 e. The van der Waals surface area contributed by atoms with E-state index in [1.54, 1.807) is 55.5 Å².